The van der Waals surface area contributed by atoms with Crippen molar-refractivity contribution in [3.63, 3.8) is 0 Å². The lowest BCUT2D eigenvalue weighted by molar-refractivity contribution is 0.0977. The van der Waals surface area contributed by atoms with Crippen molar-refractivity contribution < 1.29 is 9.53 Å². The van der Waals surface area contributed by atoms with E-state index in [0.29, 0.717) is 13.2 Å². The molecule has 2 aromatic heterocycles. The number of nitrogens with zero attached hydrogens (tertiary/aromatic N) is 1. The van der Waals surface area contributed by atoms with Gasteiger partial charge in [-0.15, -0.1) is 11.3 Å². The highest BCUT2D eigenvalue weighted by atomic mass is 32.1. The Hall–Kier alpha value is -2.07. The number of benzene rings is 1. The number of fused-ring (bicyclic) bond motifs is 1. The number of Topliss-reactive ketones (excluding diaryl/α,β-unsaturated/α-hetero) is 1. The number of rotatable bonds is 5. The van der Waals surface area contributed by atoms with Gasteiger partial charge >= 0.3 is 0 Å². The van der Waals surface area contributed by atoms with Crippen LogP contribution in [0.1, 0.15) is 21.5 Å². The summed E-state index contributed by atoms with van der Waals surface area (Å²) in [4.78, 5) is 14.3. The summed E-state index contributed by atoms with van der Waals surface area (Å²) in [6, 6.07) is 11.8. The molecule has 3 nitrogen and oxygen atoms in total. The Morgan fingerprint density at radius 3 is 2.81 bits per heavy atom. The molecule has 0 N–H and O–H groups in total. The first-order valence-corrected chi connectivity index (χ1v) is 7.81. The molecule has 0 saturated carbocycles. The van der Waals surface area contributed by atoms with Gasteiger partial charge in [-0.25, -0.2) is 0 Å². The van der Waals surface area contributed by atoms with E-state index in [1.807, 2.05) is 61.0 Å². The molecule has 0 amide bonds. The highest BCUT2D eigenvalue weighted by Crippen LogP contribution is 2.27. The van der Waals surface area contributed by atoms with Crippen LogP contribution in [0.4, 0.5) is 0 Å². The molecule has 21 heavy (non-hydrogen) atoms. The number of aryl methyl sites for hydroxylation is 1. The van der Waals surface area contributed by atoms with Crippen LogP contribution < -0.4 is 4.74 Å². The molecule has 1 aromatic carbocycles. The first-order chi connectivity index (χ1) is 10.2. The van der Waals surface area contributed by atoms with Gasteiger partial charge in [0.15, 0.2) is 5.78 Å². The Balaban J connectivity index is 1.91. The van der Waals surface area contributed by atoms with Crippen LogP contribution in [0.25, 0.3) is 10.9 Å². The van der Waals surface area contributed by atoms with Crippen molar-refractivity contribution in [3.8, 4) is 5.75 Å². The van der Waals surface area contributed by atoms with Crippen molar-refractivity contribution in [2.24, 2.45) is 0 Å². The van der Waals surface area contributed by atoms with E-state index < -0.39 is 0 Å². The topological polar surface area (TPSA) is 31.2 Å². The number of aromatic nitrogens is 1. The van der Waals surface area contributed by atoms with E-state index in [9.17, 15) is 4.79 Å². The van der Waals surface area contributed by atoms with Crippen LogP contribution in [-0.2, 0) is 6.54 Å². The largest absolute Gasteiger partial charge is 0.493 e. The summed E-state index contributed by atoms with van der Waals surface area (Å²) in [6.07, 6.45) is 1.95. The van der Waals surface area contributed by atoms with Crippen LogP contribution in [0.3, 0.4) is 0 Å². The maximum absolute atomic E-state index is 12.3. The third-order valence-corrected chi connectivity index (χ3v) is 4.44. The van der Waals surface area contributed by atoms with E-state index in [1.165, 1.54) is 0 Å². The van der Waals surface area contributed by atoms with E-state index in [-0.39, 0.29) is 5.78 Å². The lowest BCUT2D eigenvalue weighted by atomic mass is 10.2. The summed E-state index contributed by atoms with van der Waals surface area (Å²) in [7, 11) is 0. The fourth-order valence-corrected chi connectivity index (χ4v) is 3.23. The quantitative estimate of drug-likeness (QED) is 0.658. The predicted octanol–water partition coefficient (Wildman–Crippen LogP) is 4.29. The zero-order valence-electron chi connectivity index (χ0n) is 12.1. The molecule has 0 saturated heterocycles. The van der Waals surface area contributed by atoms with Gasteiger partial charge in [-0.2, -0.15) is 0 Å². The second kappa shape index (κ2) is 5.74. The number of thiophene rings is 1. The molecule has 108 valence electrons. The normalized spacial score (nSPS) is 11.0. The summed E-state index contributed by atoms with van der Waals surface area (Å²) in [6.45, 7) is 4.98. The average molecular weight is 299 g/mol. The molecular formula is C17H17NO2S. The number of ether oxygens (including phenoxy) is 1. The van der Waals surface area contributed by atoms with Gasteiger partial charge in [-0.1, -0.05) is 6.07 Å². The Bertz CT molecular complexity index is 785. The zero-order valence-corrected chi connectivity index (χ0v) is 12.9. The molecule has 2 heterocycles. The summed E-state index contributed by atoms with van der Waals surface area (Å²) in [5.41, 5.74) is 1.03. The van der Waals surface area contributed by atoms with Crippen LogP contribution in [0.15, 0.2) is 42.6 Å². The molecule has 0 unspecified atom stereocenters. The van der Waals surface area contributed by atoms with Crippen LogP contribution in [0.5, 0.6) is 5.75 Å². The summed E-state index contributed by atoms with van der Waals surface area (Å²) in [5.74, 6) is 1.01. The third kappa shape index (κ3) is 2.72. The van der Waals surface area contributed by atoms with Gasteiger partial charge in [-0.05, 0) is 44.2 Å². The van der Waals surface area contributed by atoms with E-state index >= 15 is 0 Å². The number of carbonyl (C=O) groups is 1. The highest BCUT2D eigenvalue weighted by Gasteiger charge is 2.12. The minimum atomic E-state index is 0.146. The monoisotopic (exact) mass is 299 g/mol. The van der Waals surface area contributed by atoms with E-state index in [4.69, 9.17) is 4.74 Å². The molecule has 0 bridgehead atoms. The van der Waals surface area contributed by atoms with Gasteiger partial charge in [0.05, 0.1) is 23.5 Å². The van der Waals surface area contributed by atoms with Crippen LogP contribution in [0.2, 0.25) is 0 Å². The number of carbonyl (C=O) groups excluding carboxylic acids is 1. The van der Waals surface area contributed by atoms with Gasteiger partial charge in [0.2, 0.25) is 0 Å². The van der Waals surface area contributed by atoms with E-state index in [0.717, 1.165) is 26.4 Å². The second-order valence-corrected chi connectivity index (χ2v) is 6.19. The second-order valence-electron chi connectivity index (χ2n) is 4.90. The number of hydrogen-bond donors (Lipinski definition) is 0. The van der Waals surface area contributed by atoms with Gasteiger partial charge in [0, 0.05) is 16.5 Å². The van der Waals surface area contributed by atoms with Gasteiger partial charge in [-0.3, -0.25) is 4.79 Å². The third-order valence-electron chi connectivity index (χ3n) is 3.40. The minimum Gasteiger partial charge on any atom is -0.493 e. The predicted molar refractivity (Wildman–Crippen MR) is 86.5 cm³/mol. The number of ketones is 1. The molecule has 4 heteroatoms. The Labute approximate surface area is 127 Å². The molecule has 0 spiro atoms. The molecule has 0 aliphatic carbocycles. The standard InChI is InChI=1S/C17H17NO2S/c1-3-20-16-6-4-5-14-13(16)9-10-18(14)11-15(19)17-8-7-12(2)21-17/h4-10H,3,11H2,1-2H3. The highest BCUT2D eigenvalue weighted by molar-refractivity contribution is 7.14. The summed E-state index contributed by atoms with van der Waals surface area (Å²) >= 11 is 1.55. The van der Waals surface area contributed by atoms with Crippen molar-refractivity contribution in [1.29, 1.82) is 0 Å². The van der Waals surface area contributed by atoms with Crippen molar-refractivity contribution in [2.75, 3.05) is 6.61 Å². The Morgan fingerprint density at radius 1 is 1.24 bits per heavy atom. The Morgan fingerprint density at radius 2 is 2.10 bits per heavy atom. The molecule has 3 rings (SSSR count). The minimum absolute atomic E-state index is 0.146. The van der Waals surface area contributed by atoms with Crippen LogP contribution in [-0.4, -0.2) is 17.0 Å². The van der Waals surface area contributed by atoms with Crippen molar-refractivity contribution >= 4 is 28.0 Å². The van der Waals surface area contributed by atoms with Gasteiger partial charge in [0.1, 0.15) is 5.75 Å². The number of hydrogen-bond acceptors (Lipinski definition) is 3. The summed E-state index contributed by atoms with van der Waals surface area (Å²) in [5, 5.41) is 1.05. The molecular weight excluding hydrogens is 282 g/mol. The first-order valence-electron chi connectivity index (χ1n) is 6.99. The zero-order chi connectivity index (χ0) is 14.8. The van der Waals surface area contributed by atoms with Crippen molar-refractivity contribution in [3.05, 3.63) is 52.3 Å². The van der Waals surface area contributed by atoms with Gasteiger partial charge in [0.25, 0.3) is 0 Å². The van der Waals surface area contributed by atoms with Crippen molar-refractivity contribution in [1.82, 2.24) is 4.57 Å². The fraction of sp³-hybridized carbons (Fsp3) is 0.235. The fourth-order valence-electron chi connectivity index (χ4n) is 2.43. The van der Waals surface area contributed by atoms with Crippen LogP contribution >= 0.6 is 11.3 Å². The first kappa shape index (κ1) is 13.9. The lowest BCUT2D eigenvalue weighted by Gasteiger charge is -2.07. The average Bonchev–Trinajstić information content (AvgIpc) is 3.07. The maximum atomic E-state index is 12.3. The molecule has 0 aliphatic rings. The van der Waals surface area contributed by atoms with Gasteiger partial charge < -0.3 is 9.30 Å². The van der Waals surface area contributed by atoms with Crippen LogP contribution in [0, 0.1) is 6.92 Å². The molecule has 0 aliphatic heterocycles. The Kier molecular flexibility index (Phi) is 3.80. The lowest BCUT2D eigenvalue weighted by Crippen LogP contribution is -2.07. The molecule has 0 radical (unpaired) electrons. The molecule has 0 fully saturated rings. The summed E-state index contributed by atoms with van der Waals surface area (Å²) < 4.78 is 7.61. The molecule has 3 aromatic rings. The maximum Gasteiger partial charge on any atom is 0.192 e. The van der Waals surface area contributed by atoms with Crippen molar-refractivity contribution in [2.45, 2.75) is 20.4 Å². The van der Waals surface area contributed by atoms with E-state index in [1.54, 1.807) is 11.3 Å². The van der Waals surface area contributed by atoms with E-state index in [2.05, 4.69) is 0 Å². The SMILES string of the molecule is CCOc1cccc2c1ccn2CC(=O)c1ccc(C)s1. The smallest absolute Gasteiger partial charge is 0.192 e. The molecule has 0 atom stereocenters.